The molecule has 3 atom stereocenters. The molecular formula is C16H22F2N2. The van der Waals surface area contributed by atoms with E-state index < -0.39 is 0 Å². The number of rotatable bonds is 2. The lowest BCUT2D eigenvalue weighted by Crippen LogP contribution is -2.40. The summed E-state index contributed by atoms with van der Waals surface area (Å²) in [6.45, 7) is 6.57. The molecule has 0 aliphatic carbocycles. The van der Waals surface area contributed by atoms with Crippen molar-refractivity contribution in [3.63, 3.8) is 0 Å². The fourth-order valence-corrected chi connectivity index (χ4v) is 3.57. The van der Waals surface area contributed by atoms with Gasteiger partial charge in [0.2, 0.25) is 0 Å². The van der Waals surface area contributed by atoms with Gasteiger partial charge in [0, 0.05) is 30.7 Å². The molecule has 1 aromatic rings. The molecule has 2 fully saturated rings. The quantitative estimate of drug-likeness (QED) is 0.896. The number of fused-ring (bicyclic) bond motifs is 1. The Morgan fingerprint density at radius 2 is 2.05 bits per heavy atom. The molecule has 4 heteroatoms. The third kappa shape index (κ3) is 2.47. The summed E-state index contributed by atoms with van der Waals surface area (Å²) in [7, 11) is 0. The molecular weight excluding hydrogens is 258 g/mol. The Morgan fingerprint density at radius 1 is 1.25 bits per heavy atom. The summed E-state index contributed by atoms with van der Waals surface area (Å²) in [5.41, 5.74) is 0.849. The lowest BCUT2D eigenvalue weighted by molar-refractivity contribution is 0.245. The van der Waals surface area contributed by atoms with Crippen LogP contribution in [0.25, 0.3) is 0 Å². The summed E-state index contributed by atoms with van der Waals surface area (Å²) in [5, 5.41) is 3.54. The molecule has 0 bridgehead atoms. The average Bonchev–Trinajstić information content (AvgIpc) is 2.86. The fraction of sp³-hybridized carbons (Fsp3) is 0.625. The molecule has 0 saturated carbocycles. The molecule has 2 saturated heterocycles. The van der Waals surface area contributed by atoms with Crippen LogP contribution in [0.3, 0.4) is 0 Å². The maximum absolute atomic E-state index is 14.1. The number of nitrogens with one attached hydrogen (secondary N) is 1. The van der Waals surface area contributed by atoms with Crippen molar-refractivity contribution in [3.8, 4) is 0 Å². The van der Waals surface area contributed by atoms with Gasteiger partial charge in [0.25, 0.3) is 0 Å². The number of benzene rings is 1. The van der Waals surface area contributed by atoms with Crippen LogP contribution in [0.15, 0.2) is 12.1 Å². The van der Waals surface area contributed by atoms with Gasteiger partial charge in [-0.3, -0.25) is 4.90 Å². The fourth-order valence-electron chi connectivity index (χ4n) is 3.57. The molecule has 1 aromatic carbocycles. The summed E-state index contributed by atoms with van der Waals surface area (Å²) in [4.78, 5) is 2.28. The first-order valence-corrected chi connectivity index (χ1v) is 7.49. The largest absolute Gasteiger partial charge is 0.312 e. The minimum Gasteiger partial charge on any atom is -0.312 e. The first-order valence-electron chi connectivity index (χ1n) is 7.49. The van der Waals surface area contributed by atoms with Gasteiger partial charge in [-0.15, -0.1) is 0 Å². The van der Waals surface area contributed by atoms with Gasteiger partial charge >= 0.3 is 0 Å². The molecule has 1 N–H and O–H groups in total. The van der Waals surface area contributed by atoms with Crippen molar-refractivity contribution in [1.29, 1.82) is 0 Å². The highest BCUT2D eigenvalue weighted by Crippen LogP contribution is 2.33. The van der Waals surface area contributed by atoms with Crippen LogP contribution in [0.1, 0.15) is 36.9 Å². The first-order chi connectivity index (χ1) is 9.56. The van der Waals surface area contributed by atoms with Crippen LogP contribution < -0.4 is 5.32 Å². The van der Waals surface area contributed by atoms with E-state index in [1.165, 1.54) is 25.0 Å². The van der Waals surface area contributed by atoms with E-state index in [2.05, 4.69) is 10.2 Å². The van der Waals surface area contributed by atoms with E-state index in [9.17, 15) is 8.78 Å². The summed E-state index contributed by atoms with van der Waals surface area (Å²) >= 11 is 0. The molecule has 1 unspecified atom stereocenters. The summed E-state index contributed by atoms with van der Waals surface area (Å²) in [5.74, 6) is 0.0479. The van der Waals surface area contributed by atoms with Crippen molar-refractivity contribution in [2.24, 2.45) is 5.92 Å². The highest BCUT2D eigenvalue weighted by Gasteiger charge is 2.36. The lowest BCUT2D eigenvalue weighted by Gasteiger charge is -2.25. The Balaban J connectivity index is 1.79. The van der Waals surface area contributed by atoms with Crippen molar-refractivity contribution in [2.45, 2.75) is 38.8 Å². The van der Waals surface area contributed by atoms with Crippen LogP contribution in [0.4, 0.5) is 8.78 Å². The normalized spacial score (nSPS) is 28.4. The van der Waals surface area contributed by atoms with Gasteiger partial charge in [0.1, 0.15) is 11.6 Å². The summed E-state index contributed by atoms with van der Waals surface area (Å²) in [6.07, 6.45) is 2.46. The second kappa shape index (κ2) is 5.41. The highest BCUT2D eigenvalue weighted by atomic mass is 19.1. The number of likely N-dealkylation sites (tertiary alicyclic amines) is 1. The molecule has 2 aliphatic heterocycles. The molecule has 20 heavy (non-hydrogen) atoms. The van der Waals surface area contributed by atoms with Crippen molar-refractivity contribution in [1.82, 2.24) is 10.2 Å². The number of aryl methyl sites for hydroxylation is 1. The SMILES string of the molecule is Cc1cc(F)c(C(C)N2C[C@@H]3CCCN[C@@H]3C2)cc1F. The van der Waals surface area contributed by atoms with E-state index in [1.807, 2.05) is 6.92 Å². The maximum Gasteiger partial charge on any atom is 0.128 e. The molecule has 0 spiro atoms. The molecule has 0 amide bonds. The maximum atomic E-state index is 14.1. The number of piperidine rings is 1. The van der Waals surface area contributed by atoms with Gasteiger partial charge in [0.05, 0.1) is 0 Å². The third-order valence-electron chi connectivity index (χ3n) is 4.90. The number of nitrogens with zero attached hydrogens (tertiary/aromatic N) is 1. The molecule has 0 radical (unpaired) electrons. The second-order valence-corrected chi connectivity index (χ2v) is 6.22. The monoisotopic (exact) mass is 280 g/mol. The Hall–Kier alpha value is -1.00. The van der Waals surface area contributed by atoms with E-state index in [0.717, 1.165) is 19.6 Å². The predicted molar refractivity (Wildman–Crippen MR) is 75.6 cm³/mol. The van der Waals surface area contributed by atoms with Gasteiger partial charge in [-0.2, -0.15) is 0 Å². The number of halogens is 2. The van der Waals surface area contributed by atoms with Crippen LogP contribution in [-0.4, -0.2) is 30.6 Å². The molecule has 2 nitrogen and oxygen atoms in total. The van der Waals surface area contributed by atoms with Crippen LogP contribution in [0, 0.1) is 24.5 Å². The van der Waals surface area contributed by atoms with E-state index >= 15 is 0 Å². The van der Waals surface area contributed by atoms with Crippen LogP contribution in [-0.2, 0) is 0 Å². The van der Waals surface area contributed by atoms with Gasteiger partial charge in [-0.25, -0.2) is 8.78 Å². The molecule has 2 aliphatic rings. The van der Waals surface area contributed by atoms with Crippen molar-refractivity contribution < 1.29 is 8.78 Å². The molecule has 2 heterocycles. The van der Waals surface area contributed by atoms with Gasteiger partial charge in [-0.05, 0) is 56.8 Å². The predicted octanol–water partition coefficient (Wildman–Crippen LogP) is 3.02. The second-order valence-electron chi connectivity index (χ2n) is 6.22. The third-order valence-corrected chi connectivity index (χ3v) is 4.90. The zero-order valence-electron chi connectivity index (χ0n) is 12.1. The van der Waals surface area contributed by atoms with Crippen LogP contribution in [0.5, 0.6) is 0 Å². The first kappa shape index (κ1) is 14.0. The van der Waals surface area contributed by atoms with E-state index in [0.29, 0.717) is 23.1 Å². The highest BCUT2D eigenvalue weighted by molar-refractivity contribution is 5.27. The average molecular weight is 280 g/mol. The van der Waals surface area contributed by atoms with Crippen molar-refractivity contribution in [2.75, 3.05) is 19.6 Å². The Labute approximate surface area is 119 Å². The van der Waals surface area contributed by atoms with Gasteiger partial charge in [-0.1, -0.05) is 0 Å². The van der Waals surface area contributed by atoms with Crippen molar-refractivity contribution >= 4 is 0 Å². The van der Waals surface area contributed by atoms with Crippen LogP contribution in [0.2, 0.25) is 0 Å². The lowest BCUT2D eigenvalue weighted by atomic mass is 9.94. The Bertz CT molecular complexity index is 489. The summed E-state index contributed by atoms with van der Waals surface area (Å²) in [6, 6.07) is 3.12. The Morgan fingerprint density at radius 3 is 2.80 bits per heavy atom. The van der Waals surface area contributed by atoms with Gasteiger partial charge in [0.15, 0.2) is 0 Å². The van der Waals surface area contributed by atoms with E-state index in [4.69, 9.17) is 0 Å². The van der Waals surface area contributed by atoms with Crippen molar-refractivity contribution in [3.05, 3.63) is 34.9 Å². The number of hydrogen-bond donors (Lipinski definition) is 1. The standard InChI is InChI=1S/C16H22F2N2/c1-10-6-15(18)13(7-14(10)17)11(2)20-8-12-4-3-5-19-16(12)9-20/h6-7,11-12,16,19H,3-5,8-9H2,1-2H3/t11?,12-,16+/m0/s1. The van der Waals surface area contributed by atoms with E-state index in [-0.39, 0.29) is 17.7 Å². The zero-order chi connectivity index (χ0) is 14.3. The Kier molecular flexibility index (Phi) is 3.78. The molecule has 3 rings (SSSR count). The number of hydrogen-bond acceptors (Lipinski definition) is 2. The molecule has 0 aromatic heterocycles. The minimum atomic E-state index is -0.317. The van der Waals surface area contributed by atoms with Gasteiger partial charge < -0.3 is 5.32 Å². The van der Waals surface area contributed by atoms with Crippen LogP contribution >= 0.6 is 0 Å². The molecule has 110 valence electrons. The summed E-state index contributed by atoms with van der Waals surface area (Å²) < 4.78 is 27.8. The van der Waals surface area contributed by atoms with E-state index in [1.54, 1.807) is 6.92 Å². The zero-order valence-corrected chi connectivity index (χ0v) is 12.1. The minimum absolute atomic E-state index is 0.0718. The topological polar surface area (TPSA) is 15.3 Å². The smallest absolute Gasteiger partial charge is 0.128 e.